The quantitative estimate of drug-likeness (QED) is 0.166. The van der Waals surface area contributed by atoms with Gasteiger partial charge in [-0.05, 0) is 75.7 Å². The lowest BCUT2D eigenvalue weighted by Crippen LogP contribution is -2.40. The van der Waals surface area contributed by atoms with Crippen LogP contribution in [-0.4, -0.2) is 20.8 Å². The third-order valence-electron chi connectivity index (χ3n) is 6.28. The number of benzene rings is 2. The number of phenolic OH excluding ortho intramolecular Hbond substituents is 1. The molecule has 0 fully saturated rings. The highest BCUT2D eigenvalue weighted by atomic mass is 127. The summed E-state index contributed by atoms with van der Waals surface area (Å²) < 4.78 is 13.2. The summed E-state index contributed by atoms with van der Waals surface area (Å²) in [6.07, 6.45) is 5.63. The molecule has 2 atom stereocenters. The van der Waals surface area contributed by atoms with E-state index >= 15 is 0 Å². The lowest BCUT2D eigenvalue weighted by atomic mass is 9.74. The number of hydrogen-bond donors (Lipinski definition) is 1. The van der Waals surface area contributed by atoms with Crippen molar-refractivity contribution >= 4 is 79.5 Å². The number of carbonyl (C=O) groups excluding carboxylic acids is 2. The van der Waals surface area contributed by atoms with E-state index in [1.807, 2.05) is 52.9 Å². The van der Waals surface area contributed by atoms with E-state index in [0.717, 1.165) is 30.4 Å². The normalized spacial score (nSPS) is 23.0. The van der Waals surface area contributed by atoms with E-state index in [9.17, 15) is 14.7 Å². The summed E-state index contributed by atoms with van der Waals surface area (Å²) in [4.78, 5) is 25.9. The molecule has 2 unspecified atom stereocenters. The largest absolute Gasteiger partial charge is 0.506 e. The fraction of sp³-hybridized carbons (Fsp3) is 0.280. The van der Waals surface area contributed by atoms with Gasteiger partial charge in [0.05, 0.1) is 13.1 Å². The average Bonchev–Trinajstić information content (AvgIpc) is 3.10. The van der Waals surface area contributed by atoms with Crippen LogP contribution in [0, 0.1) is 3.57 Å². The van der Waals surface area contributed by atoms with Crippen LogP contribution >= 0.6 is 67.8 Å². The van der Waals surface area contributed by atoms with Gasteiger partial charge in [-0.25, -0.2) is 4.79 Å². The minimum Gasteiger partial charge on any atom is -0.506 e. The second kappa shape index (κ2) is 8.81. The highest BCUT2D eigenvalue weighted by Gasteiger charge is 2.57. The monoisotopic (exact) mass is 780 g/mol. The summed E-state index contributed by atoms with van der Waals surface area (Å²) in [5, 5.41) is 11.0. The molecule has 3 aliphatic rings. The molecule has 0 amide bonds. The summed E-state index contributed by atoms with van der Waals surface area (Å²) in [7, 11) is 0. The molecule has 1 N–H and O–H groups in total. The molecule has 2 heterocycles. The summed E-state index contributed by atoms with van der Waals surface area (Å²) >= 11 is 6.19. The van der Waals surface area contributed by atoms with E-state index in [-0.39, 0.29) is 11.5 Å². The van der Waals surface area contributed by atoms with Crippen LogP contribution in [0.1, 0.15) is 53.2 Å². The Bertz CT molecular complexity index is 1280. The Kier molecular flexibility index (Phi) is 6.30. The molecule has 1 aliphatic carbocycles. The number of Topliss-reactive ketones (excluding diaryl/α,β-unsaturated/α-hetero) is 1. The van der Waals surface area contributed by atoms with Crippen molar-refractivity contribution in [3.05, 3.63) is 77.1 Å². The van der Waals surface area contributed by atoms with Crippen LogP contribution in [0.5, 0.6) is 11.5 Å². The zero-order valence-corrected chi connectivity index (χ0v) is 24.1. The molecule has 5 rings (SSSR count). The van der Waals surface area contributed by atoms with Crippen LogP contribution in [0.15, 0.2) is 51.3 Å². The SMILES string of the molecule is CCCCCc1cc2c(c(I)c1O)OC1=C(I)C(=O)C(I)C=C1C21OC(=O)c2ccccc21. The molecule has 2 aromatic rings. The Balaban J connectivity index is 1.84. The summed E-state index contributed by atoms with van der Waals surface area (Å²) in [6.45, 7) is 2.14. The molecular weight excluding hydrogens is 761 g/mol. The fourth-order valence-corrected chi connectivity index (χ4v) is 7.43. The van der Waals surface area contributed by atoms with Crippen LogP contribution in [-0.2, 0) is 21.6 Å². The molecule has 1 spiro atoms. The van der Waals surface area contributed by atoms with Crippen molar-refractivity contribution in [3.63, 3.8) is 0 Å². The van der Waals surface area contributed by atoms with Gasteiger partial charge in [-0.3, -0.25) is 4.79 Å². The Hall–Kier alpha value is -1.15. The maximum absolute atomic E-state index is 13.1. The first-order valence-electron chi connectivity index (χ1n) is 10.7. The van der Waals surface area contributed by atoms with Crippen molar-refractivity contribution in [3.8, 4) is 11.5 Å². The molecule has 2 aromatic carbocycles. The van der Waals surface area contributed by atoms with E-state index in [1.165, 1.54) is 0 Å². The van der Waals surface area contributed by atoms with Gasteiger partial charge in [-0.15, -0.1) is 0 Å². The number of ether oxygens (including phenoxy) is 2. The third kappa shape index (κ3) is 3.48. The standard InChI is InChI=1S/C25H19I3O5/c1-2-3-4-7-12-10-15-22(18(27)20(12)29)32-23-16(11-17(26)21(30)19(23)28)25(15)14-9-6-5-8-13(14)24(31)33-25/h5-6,8-11,17,29H,2-4,7H2,1H3. The number of esters is 1. The van der Waals surface area contributed by atoms with Gasteiger partial charge >= 0.3 is 5.97 Å². The lowest BCUT2D eigenvalue weighted by molar-refractivity contribution is -0.113. The number of carbonyl (C=O) groups is 2. The Morgan fingerprint density at radius 3 is 2.64 bits per heavy atom. The number of aryl methyl sites for hydroxylation is 1. The average molecular weight is 780 g/mol. The number of phenols is 1. The van der Waals surface area contributed by atoms with E-state index in [0.29, 0.717) is 41.8 Å². The van der Waals surface area contributed by atoms with Gasteiger partial charge in [0.2, 0.25) is 0 Å². The Morgan fingerprint density at radius 1 is 1.12 bits per heavy atom. The first-order valence-corrected chi connectivity index (χ1v) is 14.1. The fourth-order valence-electron chi connectivity index (χ4n) is 4.68. The number of hydrogen-bond acceptors (Lipinski definition) is 5. The van der Waals surface area contributed by atoms with Crippen molar-refractivity contribution in [2.75, 3.05) is 0 Å². The van der Waals surface area contributed by atoms with Gasteiger partial charge in [-0.2, -0.15) is 0 Å². The number of aromatic hydroxyl groups is 1. The molecule has 0 radical (unpaired) electrons. The van der Waals surface area contributed by atoms with Crippen molar-refractivity contribution in [1.82, 2.24) is 0 Å². The number of unbranched alkanes of at least 4 members (excludes halogenated alkanes) is 2. The zero-order chi connectivity index (χ0) is 23.5. The topological polar surface area (TPSA) is 72.8 Å². The van der Waals surface area contributed by atoms with E-state index in [4.69, 9.17) is 9.47 Å². The van der Waals surface area contributed by atoms with Crippen LogP contribution in [0.3, 0.4) is 0 Å². The zero-order valence-electron chi connectivity index (χ0n) is 17.6. The maximum Gasteiger partial charge on any atom is 0.340 e. The summed E-state index contributed by atoms with van der Waals surface area (Å²) in [5.74, 6) is 0.530. The first kappa shape index (κ1) is 23.6. The lowest BCUT2D eigenvalue weighted by Gasteiger charge is -2.41. The molecule has 33 heavy (non-hydrogen) atoms. The number of fused-ring (bicyclic) bond motifs is 6. The van der Waals surface area contributed by atoms with Crippen molar-refractivity contribution in [1.29, 1.82) is 0 Å². The molecule has 8 heteroatoms. The van der Waals surface area contributed by atoms with E-state index in [1.54, 1.807) is 6.07 Å². The third-order valence-corrected chi connectivity index (χ3v) is 9.23. The van der Waals surface area contributed by atoms with Crippen molar-refractivity contribution in [2.24, 2.45) is 0 Å². The number of rotatable bonds is 4. The van der Waals surface area contributed by atoms with Crippen molar-refractivity contribution in [2.45, 2.75) is 42.1 Å². The minimum atomic E-state index is -1.23. The predicted molar refractivity (Wildman–Crippen MR) is 149 cm³/mol. The molecule has 0 aromatic heterocycles. The summed E-state index contributed by atoms with van der Waals surface area (Å²) in [6, 6.07) is 9.28. The Labute approximate surface area is 232 Å². The second-order valence-corrected chi connectivity index (χ2v) is 11.7. The number of alkyl halides is 1. The molecule has 5 nitrogen and oxygen atoms in total. The van der Waals surface area contributed by atoms with E-state index < -0.39 is 15.5 Å². The van der Waals surface area contributed by atoms with Gasteiger partial charge in [-0.1, -0.05) is 66.6 Å². The number of ketones is 1. The summed E-state index contributed by atoms with van der Waals surface area (Å²) in [5.41, 5.74) is 2.15. The maximum atomic E-state index is 13.1. The van der Waals surface area contributed by atoms with E-state index in [2.05, 4.69) is 52.1 Å². The first-order chi connectivity index (χ1) is 15.8. The van der Waals surface area contributed by atoms with Gasteiger partial charge in [0.1, 0.15) is 9.33 Å². The second-order valence-electron chi connectivity index (χ2n) is 8.24. The number of allylic oxidation sites excluding steroid dienone is 2. The molecule has 170 valence electrons. The van der Waals surface area contributed by atoms with Crippen LogP contribution in [0.2, 0.25) is 0 Å². The molecule has 0 bridgehead atoms. The molecule has 0 saturated heterocycles. The van der Waals surface area contributed by atoms with Gasteiger partial charge < -0.3 is 14.6 Å². The smallest absolute Gasteiger partial charge is 0.340 e. The van der Waals surface area contributed by atoms with Crippen molar-refractivity contribution < 1.29 is 24.2 Å². The molecular formula is C25H19I3O5. The minimum absolute atomic E-state index is 0.0541. The van der Waals surface area contributed by atoms with Crippen LogP contribution in [0.25, 0.3) is 0 Å². The molecule has 0 saturated carbocycles. The van der Waals surface area contributed by atoms with Gasteiger partial charge in [0, 0.05) is 16.7 Å². The highest BCUT2D eigenvalue weighted by Crippen LogP contribution is 2.59. The van der Waals surface area contributed by atoms with Crippen LogP contribution in [0.4, 0.5) is 0 Å². The van der Waals surface area contributed by atoms with Crippen LogP contribution < -0.4 is 4.74 Å². The predicted octanol–water partition coefficient (Wildman–Crippen LogP) is 6.50. The number of halogens is 3. The highest BCUT2D eigenvalue weighted by molar-refractivity contribution is 14.1. The molecule has 2 aliphatic heterocycles. The van der Waals surface area contributed by atoms with Gasteiger partial charge in [0.15, 0.2) is 22.9 Å². The Morgan fingerprint density at radius 2 is 1.88 bits per heavy atom. The van der Waals surface area contributed by atoms with Gasteiger partial charge in [0.25, 0.3) is 0 Å².